The lowest BCUT2D eigenvalue weighted by Gasteiger charge is -2.22. The second-order valence-corrected chi connectivity index (χ2v) is 7.01. The molecule has 100 valence electrons. The van der Waals surface area contributed by atoms with Gasteiger partial charge >= 0.3 is 0 Å². The lowest BCUT2D eigenvalue weighted by Crippen LogP contribution is -2.36. The smallest absolute Gasteiger partial charge is 0.224 e. The van der Waals surface area contributed by atoms with Gasteiger partial charge in [-0.05, 0) is 43.4 Å². The molecule has 1 amide bonds. The lowest BCUT2D eigenvalue weighted by atomic mass is 9.92. The van der Waals surface area contributed by atoms with E-state index in [9.17, 15) is 4.79 Å². The molecule has 0 aliphatic heterocycles. The van der Waals surface area contributed by atoms with Crippen molar-refractivity contribution in [3.63, 3.8) is 0 Å². The van der Waals surface area contributed by atoms with Crippen molar-refractivity contribution in [1.82, 2.24) is 10.3 Å². The summed E-state index contributed by atoms with van der Waals surface area (Å²) in [5, 5.41) is 6.36. The Bertz CT molecular complexity index is 506. The molecule has 2 bridgehead atoms. The van der Waals surface area contributed by atoms with Crippen molar-refractivity contribution in [1.29, 1.82) is 0 Å². The van der Waals surface area contributed by atoms with Gasteiger partial charge in [-0.3, -0.25) is 4.79 Å². The summed E-state index contributed by atoms with van der Waals surface area (Å²) in [7, 11) is 0. The Balaban J connectivity index is 1.47. The molecule has 0 spiro atoms. The van der Waals surface area contributed by atoms with E-state index in [1.165, 1.54) is 19.3 Å². The number of nitrogens with one attached hydrogen (secondary N) is 1. The van der Waals surface area contributed by atoms with Gasteiger partial charge in [-0.15, -0.1) is 11.3 Å². The average Bonchev–Trinajstić information content (AvgIpc) is 2.86. The van der Waals surface area contributed by atoms with Gasteiger partial charge in [-0.1, -0.05) is 12.2 Å². The van der Waals surface area contributed by atoms with E-state index in [0.29, 0.717) is 17.8 Å². The standard InChI is InChI=1S/C15H18N2OS/c18-14(12-8-9-1-2-11(12)7-9)17-13(10-3-4-10)15-16-5-6-19-15/h1-2,5-6,9-13H,3-4,7-8H2,(H,17,18)/t9-,11-,12-,13-/m0/s1. The van der Waals surface area contributed by atoms with Crippen LogP contribution in [0.5, 0.6) is 0 Å². The summed E-state index contributed by atoms with van der Waals surface area (Å²) in [4.78, 5) is 16.9. The molecule has 3 aliphatic rings. The lowest BCUT2D eigenvalue weighted by molar-refractivity contribution is -0.126. The molecule has 4 heteroatoms. The molecule has 0 radical (unpaired) electrons. The largest absolute Gasteiger partial charge is 0.346 e. The number of hydrogen-bond donors (Lipinski definition) is 1. The molecule has 1 heterocycles. The van der Waals surface area contributed by atoms with Gasteiger partial charge in [0.1, 0.15) is 5.01 Å². The molecule has 2 fully saturated rings. The minimum atomic E-state index is 0.163. The number of rotatable bonds is 4. The number of aromatic nitrogens is 1. The highest BCUT2D eigenvalue weighted by Crippen LogP contribution is 2.45. The molecular formula is C15H18N2OS. The van der Waals surface area contributed by atoms with Crippen molar-refractivity contribution >= 4 is 17.2 Å². The second-order valence-electron chi connectivity index (χ2n) is 6.08. The molecule has 1 aromatic rings. The molecular weight excluding hydrogens is 256 g/mol. The summed E-state index contributed by atoms with van der Waals surface area (Å²) in [6.45, 7) is 0. The third-order valence-electron chi connectivity index (χ3n) is 4.72. The third-order valence-corrected chi connectivity index (χ3v) is 5.58. The third kappa shape index (κ3) is 2.12. The highest BCUT2D eigenvalue weighted by Gasteiger charge is 2.42. The van der Waals surface area contributed by atoms with E-state index >= 15 is 0 Å². The summed E-state index contributed by atoms with van der Waals surface area (Å²) in [6.07, 6.45) is 11.0. The number of amides is 1. The van der Waals surface area contributed by atoms with Crippen molar-refractivity contribution in [3.8, 4) is 0 Å². The first-order valence-electron chi connectivity index (χ1n) is 7.19. The fourth-order valence-electron chi connectivity index (χ4n) is 3.54. The SMILES string of the molecule is O=C(N[C@H](c1nccs1)C1CC1)[C@H]1C[C@H]2C=C[C@H]1C2. The van der Waals surface area contributed by atoms with Gasteiger partial charge in [0, 0.05) is 17.5 Å². The Hall–Kier alpha value is -1.16. The molecule has 2 saturated carbocycles. The summed E-state index contributed by atoms with van der Waals surface area (Å²) in [5.41, 5.74) is 0. The first-order valence-corrected chi connectivity index (χ1v) is 8.07. The quantitative estimate of drug-likeness (QED) is 0.858. The molecule has 0 unspecified atom stereocenters. The molecule has 0 saturated heterocycles. The van der Waals surface area contributed by atoms with Crippen LogP contribution in [0.2, 0.25) is 0 Å². The number of hydrogen-bond acceptors (Lipinski definition) is 3. The van der Waals surface area contributed by atoms with Crippen LogP contribution in [0.25, 0.3) is 0 Å². The maximum atomic E-state index is 12.5. The highest BCUT2D eigenvalue weighted by atomic mass is 32.1. The van der Waals surface area contributed by atoms with Crippen molar-refractivity contribution < 1.29 is 4.79 Å². The van der Waals surface area contributed by atoms with E-state index in [-0.39, 0.29) is 17.9 Å². The molecule has 3 aliphatic carbocycles. The molecule has 4 rings (SSSR count). The maximum Gasteiger partial charge on any atom is 0.224 e. The van der Waals surface area contributed by atoms with Crippen LogP contribution in [-0.2, 0) is 4.79 Å². The zero-order valence-corrected chi connectivity index (χ0v) is 11.6. The fraction of sp³-hybridized carbons (Fsp3) is 0.600. The summed E-state index contributed by atoms with van der Waals surface area (Å²) < 4.78 is 0. The number of allylic oxidation sites excluding steroid dienone is 2. The summed E-state index contributed by atoms with van der Waals surface area (Å²) >= 11 is 1.66. The predicted octanol–water partition coefficient (Wildman–Crippen LogP) is 2.92. The van der Waals surface area contributed by atoms with E-state index in [2.05, 4.69) is 22.5 Å². The van der Waals surface area contributed by atoms with Crippen molar-refractivity contribution in [2.24, 2.45) is 23.7 Å². The molecule has 1 aromatic heterocycles. The topological polar surface area (TPSA) is 42.0 Å². The van der Waals surface area contributed by atoms with Crippen LogP contribution >= 0.6 is 11.3 Å². The van der Waals surface area contributed by atoms with Crippen molar-refractivity contribution in [2.75, 3.05) is 0 Å². The van der Waals surface area contributed by atoms with Gasteiger partial charge in [0.25, 0.3) is 0 Å². The Labute approximate surface area is 117 Å². The van der Waals surface area contributed by atoms with Gasteiger partial charge < -0.3 is 5.32 Å². The molecule has 19 heavy (non-hydrogen) atoms. The normalized spacial score (nSPS) is 33.6. The Morgan fingerprint density at radius 1 is 1.37 bits per heavy atom. The maximum absolute atomic E-state index is 12.5. The summed E-state index contributed by atoms with van der Waals surface area (Å²) in [6, 6.07) is 0.163. The van der Waals surface area contributed by atoms with Crippen LogP contribution in [0.3, 0.4) is 0 Å². The average molecular weight is 274 g/mol. The van der Waals surface area contributed by atoms with Crippen LogP contribution in [0, 0.1) is 23.7 Å². The second kappa shape index (κ2) is 4.44. The van der Waals surface area contributed by atoms with Crippen LogP contribution in [0.15, 0.2) is 23.7 Å². The van der Waals surface area contributed by atoms with Gasteiger partial charge in [0.2, 0.25) is 5.91 Å². The number of carbonyl (C=O) groups excluding carboxylic acids is 1. The van der Waals surface area contributed by atoms with Gasteiger partial charge in [-0.2, -0.15) is 0 Å². The van der Waals surface area contributed by atoms with Gasteiger partial charge in [0.05, 0.1) is 6.04 Å². The minimum Gasteiger partial charge on any atom is -0.346 e. The van der Waals surface area contributed by atoms with E-state index < -0.39 is 0 Å². The Morgan fingerprint density at radius 2 is 2.26 bits per heavy atom. The zero-order chi connectivity index (χ0) is 12.8. The van der Waals surface area contributed by atoms with Crippen LogP contribution in [-0.4, -0.2) is 10.9 Å². The molecule has 1 N–H and O–H groups in total. The fourth-order valence-corrected chi connectivity index (χ4v) is 4.32. The van der Waals surface area contributed by atoms with E-state index in [4.69, 9.17) is 0 Å². The van der Waals surface area contributed by atoms with Crippen molar-refractivity contribution in [2.45, 2.75) is 31.7 Å². The number of nitrogens with zero attached hydrogens (tertiary/aromatic N) is 1. The Kier molecular flexibility index (Phi) is 2.72. The minimum absolute atomic E-state index is 0.163. The number of carbonyl (C=O) groups is 1. The molecule has 3 nitrogen and oxygen atoms in total. The van der Waals surface area contributed by atoms with Crippen LogP contribution < -0.4 is 5.32 Å². The van der Waals surface area contributed by atoms with Gasteiger partial charge in [0.15, 0.2) is 0 Å². The summed E-state index contributed by atoms with van der Waals surface area (Å²) in [5.74, 6) is 2.21. The predicted molar refractivity (Wildman–Crippen MR) is 74.6 cm³/mol. The van der Waals surface area contributed by atoms with Crippen LogP contribution in [0.4, 0.5) is 0 Å². The monoisotopic (exact) mass is 274 g/mol. The van der Waals surface area contributed by atoms with Crippen LogP contribution in [0.1, 0.15) is 36.7 Å². The van der Waals surface area contributed by atoms with E-state index in [1.54, 1.807) is 11.3 Å². The Morgan fingerprint density at radius 3 is 2.84 bits per heavy atom. The first-order chi connectivity index (χ1) is 9.31. The number of fused-ring (bicyclic) bond motifs is 2. The number of thiazole rings is 1. The highest BCUT2D eigenvalue weighted by molar-refractivity contribution is 7.09. The van der Waals surface area contributed by atoms with E-state index in [0.717, 1.165) is 11.4 Å². The molecule has 0 aromatic carbocycles. The van der Waals surface area contributed by atoms with E-state index in [1.807, 2.05) is 11.6 Å². The first kappa shape index (κ1) is 11.6. The molecule has 4 atom stereocenters. The van der Waals surface area contributed by atoms with Gasteiger partial charge in [-0.25, -0.2) is 4.98 Å². The van der Waals surface area contributed by atoms with Crippen molar-refractivity contribution in [3.05, 3.63) is 28.7 Å². The zero-order valence-electron chi connectivity index (χ0n) is 10.8.